The smallest absolute Gasteiger partial charge is 0.129 e. The van der Waals surface area contributed by atoms with E-state index >= 15 is 0 Å². The number of rotatable bonds is 8. The summed E-state index contributed by atoms with van der Waals surface area (Å²) in [5, 5.41) is 13.6. The summed E-state index contributed by atoms with van der Waals surface area (Å²) in [7, 11) is 0. The average molecular weight is 285 g/mol. The molecule has 0 spiro atoms. The first kappa shape index (κ1) is 17.1. The second kappa shape index (κ2) is 8.32. The summed E-state index contributed by atoms with van der Waals surface area (Å²) in [5.41, 5.74) is 0.0201. The third-order valence-corrected chi connectivity index (χ3v) is 3.50. The lowest BCUT2D eigenvalue weighted by Crippen LogP contribution is -2.40. The number of benzene rings is 1. The van der Waals surface area contributed by atoms with Gasteiger partial charge in [0, 0.05) is 11.6 Å². The van der Waals surface area contributed by atoms with E-state index in [1.807, 2.05) is 13.8 Å². The molecule has 4 heteroatoms. The van der Waals surface area contributed by atoms with Crippen LogP contribution >= 0.6 is 0 Å². The molecule has 0 aliphatic heterocycles. The molecule has 0 saturated carbocycles. The van der Waals surface area contributed by atoms with E-state index in [1.54, 1.807) is 0 Å². The fraction of sp³-hybridized carbons (Fsp3) is 0.625. The minimum Gasteiger partial charge on any atom is -0.387 e. The average Bonchev–Trinajstić information content (AvgIpc) is 2.40. The zero-order valence-electron chi connectivity index (χ0n) is 12.5. The van der Waals surface area contributed by atoms with E-state index in [0.717, 1.165) is 44.0 Å². The van der Waals surface area contributed by atoms with Crippen LogP contribution in [0.1, 0.15) is 51.7 Å². The monoisotopic (exact) mass is 285 g/mol. The molecular weight excluding hydrogens is 260 g/mol. The van der Waals surface area contributed by atoms with Gasteiger partial charge in [0.05, 0.1) is 6.10 Å². The van der Waals surface area contributed by atoms with Crippen molar-refractivity contribution in [1.29, 1.82) is 0 Å². The molecule has 1 aromatic carbocycles. The number of unbranched alkanes of at least 4 members (excludes halogenated alkanes) is 2. The van der Waals surface area contributed by atoms with E-state index in [0.29, 0.717) is 0 Å². The zero-order valence-corrected chi connectivity index (χ0v) is 12.5. The van der Waals surface area contributed by atoms with Crippen LogP contribution in [0.4, 0.5) is 8.78 Å². The highest BCUT2D eigenvalue weighted by Gasteiger charge is 2.26. The van der Waals surface area contributed by atoms with Gasteiger partial charge in [-0.25, -0.2) is 8.78 Å². The summed E-state index contributed by atoms with van der Waals surface area (Å²) in [6, 6.07) is 2.90. The van der Waals surface area contributed by atoms with E-state index in [1.165, 1.54) is 0 Å². The quantitative estimate of drug-likeness (QED) is 0.712. The molecule has 2 unspecified atom stereocenters. The van der Waals surface area contributed by atoms with Crippen molar-refractivity contribution in [2.24, 2.45) is 5.92 Å². The molecule has 0 aliphatic rings. The summed E-state index contributed by atoms with van der Waals surface area (Å²) in [5.74, 6) is -0.983. The highest BCUT2D eigenvalue weighted by molar-refractivity contribution is 5.22. The zero-order chi connectivity index (χ0) is 15.1. The maximum absolute atomic E-state index is 13.7. The van der Waals surface area contributed by atoms with Crippen LogP contribution in [0.3, 0.4) is 0 Å². The molecule has 1 rings (SSSR count). The lowest BCUT2D eigenvalue weighted by molar-refractivity contribution is 0.101. The van der Waals surface area contributed by atoms with Gasteiger partial charge in [-0.1, -0.05) is 33.6 Å². The lowest BCUT2D eigenvalue weighted by Gasteiger charge is -2.28. The molecule has 0 radical (unpaired) electrons. The first-order chi connectivity index (χ1) is 9.47. The van der Waals surface area contributed by atoms with Gasteiger partial charge >= 0.3 is 0 Å². The SMILES string of the molecule is CCCCCNC(C(C)C)C(O)c1cc(F)ccc1F. The molecule has 0 aromatic heterocycles. The van der Waals surface area contributed by atoms with E-state index in [4.69, 9.17) is 0 Å². The molecule has 0 fully saturated rings. The molecule has 1 aromatic rings. The van der Waals surface area contributed by atoms with Crippen LogP contribution in [0.15, 0.2) is 18.2 Å². The molecule has 0 amide bonds. The van der Waals surface area contributed by atoms with Crippen molar-refractivity contribution in [3.05, 3.63) is 35.4 Å². The van der Waals surface area contributed by atoms with Gasteiger partial charge in [0.15, 0.2) is 0 Å². The lowest BCUT2D eigenvalue weighted by atomic mass is 9.93. The summed E-state index contributed by atoms with van der Waals surface area (Å²) >= 11 is 0. The predicted octanol–water partition coefficient (Wildman–Crippen LogP) is 3.80. The largest absolute Gasteiger partial charge is 0.387 e. The van der Waals surface area contributed by atoms with Crippen LogP contribution in [0.5, 0.6) is 0 Å². The molecule has 0 bridgehead atoms. The minimum atomic E-state index is -1.05. The highest BCUT2D eigenvalue weighted by atomic mass is 19.1. The van der Waals surface area contributed by atoms with Gasteiger partial charge in [0.1, 0.15) is 11.6 Å². The molecule has 2 nitrogen and oxygen atoms in total. The topological polar surface area (TPSA) is 32.3 Å². The third kappa shape index (κ3) is 4.84. The molecule has 2 atom stereocenters. The maximum atomic E-state index is 13.7. The van der Waals surface area contributed by atoms with Crippen molar-refractivity contribution < 1.29 is 13.9 Å². The fourth-order valence-electron chi connectivity index (χ4n) is 2.29. The Labute approximate surface area is 120 Å². The van der Waals surface area contributed by atoms with Crippen LogP contribution in [0, 0.1) is 17.6 Å². The van der Waals surface area contributed by atoms with Crippen LogP contribution in [-0.2, 0) is 0 Å². The van der Waals surface area contributed by atoms with E-state index in [2.05, 4.69) is 12.2 Å². The minimum absolute atomic E-state index is 0.0201. The number of hydrogen-bond acceptors (Lipinski definition) is 2. The number of halogens is 2. The fourth-order valence-corrected chi connectivity index (χ4v) is 2.29. The van der Waals surface area contributed by atoms with Gasteiger partial charge in [-0.3, -0.25) is 0 Å². The number of aliphatic hydroxyl groups is 1. The Kier molecular flexibility index (Phi) is 7.10. The predicted molar refractivity (Wildman–Crippen MR) is 77.5 cm³/mol. The Balaban J connectivity index is 2.77. The molecule has 0 saturated heterocycles. The Morgan fingerprint density at radius 3 is 2.50 bits per heavy atom. The third-order valence-electron chi connectivity index (χ3n) is 3.50. The first-order valence-corrected chi connectivity index (χ1v) is 7.33. The van der Waals surface area contributed by atoms with Gasteiger partial charge in [-0.05, 0) is 37.1 Å². The Morgan fingerprint density at radius 2 is 1.90 bits per heavy atom. The van der Waals surface area contributed by atoms with Crippen molar-refractivity contribution in [2.45, 2.75) is 52.2 Å². The van der Waals surface area contributed by atoms with Gasteiger partial charge in [-0.15, -0.1) is 0 Å². The summed E-state index contributed by atoms with van der Waals surface area (Å²) < 4.78 is 27.0. The van der Waals surface area contributed by atoms with Crippen LogP contribution < -0.4 is 5.32 Å². The molecule has 114 valence electrons. The van der Waals surface area contributed by atoms with Crippen molar-refractivity contribution in [3.63, 3.8) is 0 Å². The summed E-state index contributed by atoms with van der Waals surface area (Å²) in [6.45, 7) is 6.80. The molecular formula is C16H25F2NO. The van der Waals surface area contributed by atoms with Gasteiger partial charge in [0.25, 0.3) is 0 Å². The second-order valence-electron chi connectivity index (χ2n) is 5.54. The van der Waals surface area contributed by atoms with E-state index < -0.39 is 17.7 Å². The van der Waals surface area contributed by atoms with Crippen LogP contribution in [0.2, 0.25) is 0 Å². The summed E-state index contributed by atoms with van der Waals surface area (Å²) in [6.07, 6.45) is 2.20. The Morgan fingerprint density at radius 1 is 1.20 bits per heavy atom. The summed E-state index contributed by atoms with van der Waals surface area (Å²) in [4.78, 5) is 0. The van der Waals surface area contributed by atoms with E-state index in [9.17, 15) is 13.9 Å². The molecule has 2 N–H and O–H groups in total. The number of aliphatic hydroxyl groups excluding tert-OH is 1. The van der Waals surface area contributed by atoms with E-state index in [-0.39, 0.29) is 17.5 Å². The van der Waals surface area contributed by atoms with Crippen LogP contribution in [0.25, 0.3) is 0 Å². The van der Waals surface area contributed by atoms with Gasteiger partial charge in [0.2, 0.25) is 0 Å². The van der Waals surface area contributed by atoms with Crippen molar-refractivity contribution in [2.75, 3.05) is 6.54 Å². The highest BCUT2D eigenvalue weighted by Crippen LogP contribution is 2.25. The number of hydrogen-bond donors (Lipinski definition) is 2. The molecule has 20 heavy (non-hydrogen) atoms. The molecule has 0 aliphatic carbocycles. The number of nitrogens with one attached hydrogen (secondary N) is 1. The Hall–Kier alpha value is -1.00. The van der Waals surface area contributed by atoms with Crippen molar-refractivity contribution in [1.82, 2.24) is 5.32 Å². The second-order valence-corrected chi connectivity index (χ2v) is 5.54. The van der Waals surface area contributed by atoms with Crippen molar-refractivity contribution >= 4 is 0 Å². The van der Waals surface area contributed by atoms with Gasteiger partial charge < -0.3 is 10.4 Å². The van der Waals surface area contributed by atoms with Crippen LogP contribution in [-0.4, -0.2) is 17.7 Å². The molecule has 0 heterocycles. The van der Waals surface area contributed by atoms with Gasteiger partial charge in [-0.2, -0.15) is 0 Å². The first-order valence-electron chi connectivity index (χ1n) is 7.33. The standard InChI is InChI=1S/C16H25F2NO/c1-4-5-6-9-19-15(11(2)3)16(20)13-10-12(17)7-8-14(13)18/h7-8,10-11,15-16,19-20H,4-6,9H2,1-3H3. The van der Waals surface area contributed by atoms with Crippen molar-refractivity contribution in [3.8, 4) is 0 Å². The maximum Gasteiger partial charge on any atom is 0.129 e. The Bertz CT molecular complexity index is 409. The normalized spacial score (nSPS) is 14.6.